The second-order valence-corrected chi connectivity index (χ2v) is 8.73. The van der Waals surface area contributed by atoms with E-state index in [0.29, 0.717) is 5.82 Å². The first kappa shape index (κ1) is 21.0. The van der Waals surface area contributed by atoms with Crippen LogP contribution in [0.2, 0.25) is 0 Å². The fraction of sp³-hybridized carbons (Fsp3) is 0.172. The number of nitrogen functional groups attached to an aromatic ring is 1. The van der Waals surface area contributed by atoms with Crippen molar-refractivity contribution in [3.8, 4) is 0 Å². The number of nitrogens with one attached hydrogen (secondary N) is 1. The molecule has 2 heterocycles. The molecule has 33 heavy (non-hydrogen) atoms. The molecule has 0 aliphatic carbocycles. The molecule has 1 atom stereocenters. The zero-order valence-electron chi connectivity index (χ0n) is 19.0. The van der Waals surface area contributed by atoms with Crippen molar-refractivity contribution >= 4 is 33.3 Å². The van der Waals surface area contributed by atoms with Crippen LogP contribution >= 0.6 is 0 Å². The van der Waals surface area contributed by atoms with Crippen LogP contribution < -0.4 is 11.1 Å². The zero-order valence-corrected chi connectivity index (χ0v) is 19.0. The third-order valence-electron chi connectivity index (χ3n) is 6.21. The zero-order chi connectivity index (χ0) is 22.8. The third kappa shape index (κ3) is 4.51. The van der Waals surface area contributed by atoms with Gasteiger partial charge < -0.3 is 11.1 Å². The van der Waals surface area contributed by atoms with Crippen LogP contribution in [0.4, 0.5) is 11.5 Å². The summed E-state index contributed by atoms with van der Waals surface area (Å²) in [7, 11) is 0. The van der Waals surface area contributed by atoms with Gasteiger partial charge in [-0.05, 0) is 73.2 Å². The molecule has 0 amide bonds. The number of rotatable bonds is 6. The fourth-order valence-electron chi connectivity index (χ4n) is 4.33. The van der Waals surface area contributed by atoms with Crippen LogP contribution in [-0.4, -0.2) is 9.97 Å². The molecule has 0 spiro atoms. The molecule has 0 aliphatic rings. The van der Waals surface area contributed by atoms with Gasteiger partial charge in [-0.2, -0.15) is 0 Å². The minimum absolute atomic E-state index is 0.252. The van der Waals surface area contributed by atoms with Crippen molar-refractivity contribution in [2.75, 3.05) is 11.1 Å². The number of hydrogen-bond donors (Lipinski definition) is 2. The highest BCUT2D eigenvalue weighted by Crippen LogP contribution is 2.28. The van der Waals surface area contributed by atoms with Crippen molar-refractivity contribution in [1.82, 2.24) is 9.97 Å². The molecule has 3 aromatic carbocycles. The maximum absolute atomic E-state index is 6.20. The van der Waals surface area contributed by atoms with Gasteiger partial charge in [0.15, 0.2) is 5.82 Å². The normalized spacial score (nSPS) is 12.2. The molecule has 0 fully saturated rings. The van der Waals surface area contributed by atoms with Crippen LogP contribution in [0.15, 0.2) is 85.1 Å². The Bertz CT molecular complexity index is 1410. The van der Waals surface area contributed by atoms with E-state index in [2.05, 4.69) is 102 Å². The summed E-state index contributed by atoms with van der Waals surface area (Å²) >= 11 is 0. The highest BCUT2D eigenvalue weighted by Gasteiger charge is 2.10. The van der Waals surface area contributed by atoms with E-state index in [9.17, 15) is 0 Å². The molecule has 0 bridgehead atoms. The van der Waals surface area contributed by atoms with Gasteiger partial charge in [-0.15, -0.1) is 0 Å². The number of anilines is 2. The lowest BCUT2D eigenvalue weighted by Gasteiger charge is -2.16. The smallest absolute Gasteiger partial charge is 0.150 e. The van der Waals surface area contributed by atoms with E-state index in [1.54, 1.807) is 0 Å². The molecule has 2 aromatic heterocycles. The molecule has 5 aromatic rings. The number of fused-ring (bicyclic) bond motifs is 3. The second-order valence-electron chi connectivity index (χ2n) is 8.73. The molecule has 0 saturated heterocycles. The van der Waals surface area contributed by atoms with Gasteiger partial charge in [0, 0.05) is 28.7 Å². The van der Waals surface area contributed by atoms with Crippen LogP contribution in [0.25, 0.3) is 21.8 Å². The van der Waals surface area contributed by atoms with Crippen molar-refractivity contribution in [3.05, 3.63) is 107 Å². The average Bonchev–Trinajstić information content (AvgIpc) is 2.83. The summed E-state index contributed by atoms with van der Waals surface area (Å²) in [6.45, 7) is 4.26. The number of benzene rings is 3. The van der Waals surface area contributed by atoms with Gasteiger partial charge in [0.1, 0.15) is 5.52 Å². The number of nitrogens with two attached hydrogens (primary N) is 1. The Morgan fingerprint density at radius 1 is 0.848 bits per heavy atom. The summed E-state index contributed by atoms with van der Waals surface area (Å²) in [6, 6.07) is 28.0. The van der Waals surface area contributed by atoms with Crippen LogP contribution in [0.3, 0.4) is 0 Å². The number of pyridine rings is 2. The highest BCUT2D eigenvalue weighted by molar-refractivity contribution is 6.08. The fourth-order valence-corrected chi connectivity index (χ4v) is 4.33. The molecule has 1 unspecified atom stereocenters. The summed E-state index contributed by atoms with van der Waals surface area (Å²) in [5.41, 5.74) is 14.0. The lowest BCUT2D eigenvalue weighted by atomic mass is 10.00. The Hall–Kier alpha value is -3.92. The van der Waals surface area contributed by atoms with E-state index in [0.717, 1.165) is 40.3 Å². The second kappa shape index (κ2) is 8.91. The van der Waals surface area contributed by atoms with Crippen molar-refractivity contribution in [3.63, 3.8) is 0 Å². The third-order valence-corrected chi connectivity index (χ3v) is 6.21. The molecule has 164 valence electrons. The molecule has 0 radical (unpaired) electrons. The average molecular weight is 433 g/mol. The molecule has 0 saturated carbocycles. The molecule has 5 rings (SSSR count). The summed E-state index contributed by atoms with van der Waals surface area (Å²) < 4.78 is 0. The highest BCUT2D eigenvalue weighted by atomic mass is 14.9. The van der Waals surface area contributed by atoms with Gasteiger partial charge >= 0.3 is 0 Å². The standard InChI is InChI=1S/C29H28N4/c1-19-8-15-25-26-17-22(18-31-28(26)29(30)33-27(25)16-19)10-9-21-11-13-23(14-12-21)20(2)32-24-6-4-3-5-7-24/h3-8,11-18,20,32H,9-10H2,1-2H3,(H2,30,33). The summed E-state index contributed by atoms with van der Waals surface area (Å²) in [5, 5.41) is 5.73. The quantitative estimate of drug-likeness (QED) is 0.296. The summed E-state index contributed by atoms with van der Waals surface area (Å²) in [6.07, 6.45) is 3.82. The number of aromatic nitrogens is 2. The molecule has 4 heteroatoms. The van der Waals surface area contributed by atoms with Crippen LogP contribution in [0, 0.1) is 6.92 Å². The van der Waals surface area contributed by atoms with Crippen molar-refractivity contribution < 1.29 is 0 Å². The maximum atomic E-state index is 6.20. The first-order valence-electron chi connectivity index (χ1n) is 11.4. The minimum atomic E-state index is 0.252. The largest absolute Gasteiger partial charge is 0.382 e. The number of hydrogen-bond acceptors (Lipinski definition) is 4. The first-order valence-corrected chi connectivity index (χ1v) is 11.4. The predicted octanol–water partition coefficient (Wildman–Crippen LogP) is 6.63. The van der Waals surface area contributed by atoms with Crippen LogP contribution in [-0.2, 0) is 12.8 Å². The van der Waals surface area contributed by atoms with Gasteiger partial charge in [-0.3, -0.25) is 4.98 Å². The van der Waals surface area contributed by atoms with E-state index in [1.807, 2.05) is 12.3 Å². The van der Waals surface area contributed by atoms with Crippen LogP contribution in [0.5, 0.6) is 0 Å². The Balaban J connectivity index is 1.32. The molecular weight excluding hydrogens is 404 g/mol. The molecular formula is C29H28N4. The predicted molar refractivity (Wildman–Crippen MR) is 139 cm³/mol. The first-order chi connectivity index (χ1) is 16.1. The van der Waals surface area contributed by atoms with Gasteiger partial charge in [0.25, 0.3) is 0 Å². The summed E-state index contributed by atoms with van der Waals surface area (Å²) in [5.74, 6) is 0.489. The van der Waals surface area contributed by atoms with E-state index < -0.39 is 0 Å². The topological polar surface area (TPSA) is 63.8 Å². The van der Waals surface area contributed by atoms with E-state index in [1.165, 1.54) is 22.3 Å². The van der Waals surface area contributed by atoms with Crippen molar-refractivity contribution in [2.45, 2.75) is 32.7 Å². The lowest BCUT2D eigenvalue weighted by molar-refractivity contribution is 0.879. The monoisotopic (exact) mass is 432 g/mol. The number of nitrogens with zero attached hydrogens (tertiary/aromatic N) is 2. The SMILES string of the molecule is Cc1ccc2c(c1)nc(N)c1ncc(CCc3ccc(C(C)Nc4ccccc4)cc3)cc12. The van der Waals surface area contributed by atoms with Crippen LogP contribution in [0.1, 0.15) is 35.2 Å². The van der Waals surface area contributed by atoms with Gasteiger partial charge in [0.05, 0.1) is 5.52 Å². The van der Waals surface area contributed by atoms with E-state index in [-0.39, 0.29) is 6.04 Å². The van der Waals surface area contributed by atoms with Gasteiger partial charge in [0.2, 0.25) is 0 Å². The van der Waals surface area contributed by atoms with Gasteiger partial charge in [-0.25, -0.2) is 4.98 Å². The molecule has 4 nitrogen and oxygen atoms in total. The Labute approximate surface area is 194 Å². The Morgan fingerprint density at radius 3 is 2.39 bits per heavy atom. The van der Waals surface area contributed by atoms with Gasteiger partial charge in [-0.1, -0.05) is 54.6 Å². The summed E-state index contributed by atoms with van der Waals surface area (Å²) in [4.78, 5) is 9.19. The number of aryl methyl sites for hydroxylation is 3. The molecule has 0 aliphatic heterocycles. The van der Waals surface area contributed by atoms with Crippen molar-refractivity contribution in [1.29, 1.82) is 0 Å². The Morgan fingerprint density at radius 2 is 1.61 bits per heavy atom. The van der Waals surface area contributed by atoms with E-state index >= 15 is 0 Å². The number of para-hydroxylation sites is 1. The minimum Gasteiger partial charge on any atom is -0.382 e. The maximum Gasteiger partial charge on any atom is 0.150 e. The Kier molecular flexibility index (Phi) is 5.66. The lowest BCUT2D eigenvalue weighted by Crippen LogP contribution is -2.06. The van der Waals surface area contributed by atoms with Crippen molar-refractivity contribution in [2.24, 2.45) is 0 Å². The van der Waals surface area contributed by atoms with E-state index in [4.69, 9.17) is 5.73 Å². The molecule has 3 N–H and O–H groups in total.